The predicted octanol–water partition coefficient (Wildman–Crippen LogP) is 2.42. The van der Waals surface area contributed by atoms with E-state index in [9.17, 15) is 0 Å². The second kappa shape index (κ2) is 1.61. The van der Waals surface area contributed by atoms with Crippen LogP contribution in [0, 0.1) is 17.8 Å². The van der Waals surface area contributed by atoms with Gasteiger partial charge in [0.2, 0.25) is 0 Å². The van der Waals surface area contributed by atoms with Gasteiger partial charge in [0.05, 0.1) is 0 Å². The Balaban J connectivity index is 2.48. The Bertz CT molecular complexity index is 104. The average Bonchev–Trinajstić information content (AvgIpc) is 1.16. The largest absolute Gasteiger partial charge is 0.0840 e. The molecule has 1 unspecified atom stereocenters. The fourth-order valence-corrected chi connectivity index (χ4v) is 0.800. The molecule has 1 rings (SSSR count). The highest BCUT2D eigenvalue weighted by molar-refractivity contribution is 5.19. The first kappa shape index (κ1) is 5.87. The predicted molar refractivity (Wildman–Crippen MR) is 36.4 cm³/mol. The van der Waals surface area contributed by atoms with E-state index < -0.39 is 0 Å². The molecule has 0 aromatic carbocycles. The zero-order valence-electron chi connectivity index (χ0n) is 5.81. The summed E-state index contributed by atoms with van der Waals surface area (Å²) in [7, 11) is 0. The van der Waals surface area contributed by atoms with Crippen molar-refractivity contribution in [2.45, 2.75) is 20.8 Å². The van der Waals surface area contributed by atoms with Crippen LogP contribution in [-0.4, -0.2) is 0 Å². The van der Waals surface area contributed by atoms with Gasteiger partial charge >= 0.3 is 0 Å². The number of rotatable bonds is 0. The van der Waals surface area contributed by atoms with E-state index in [0.717, 1.165) is 5.92 Å². The maximum Gasteiger partial charge on any atom is -0.00966 e. The first-order chi connectivity index (χ1) is 3.61. The Hall–Kier alpha value is -0.260. The van der Waals surface area contributed by atoms with E-state index in [1.165, 1.54) is 0 Å². The van der Waals surface area contributed by atoms with Crippen LogP contribution in [-0.2, 0) is 0 Å². The lowest BCUT2D eigenvalue weighted by Gasteiger charge is -2.31. The lowest BCUT2D eigenvalue weighted by atomic mass is 9.74. The zero-order chi connectivity index (χ0) is 6.20. The van der Waals surface area contributed by atoms with Crippen molar-refractivity contribution in [3.63, 3.8) is 0 Å². The molecule has 0 bridgehead atoms. The molecule has 0 nitrogen and oxygen atoms in total. The van der Waals surface area contributed by atoms with Gasteiger partial charge < -0.3 is 0 Å². The molecule has 1 radical (unpaired) electrons. The SMILES string of the molecule is CC(C)(C)C1[CH]C=C1. The normalized spacial score (nSPS) is 27.6. The molecule has 0 N–H and O–H groups in total. The standard InChI is InChI=1S/C8H13/c1-8(2,3)7-5-4-6-7/h4-7H,1-3H3. The molecule has 0 spiro atoms. The molecule has 0 amide bonds. The van der Waals surface area contributed by atoms with E-state index in [0.29, 0.717) is 5.41 Å². The van der Waals surface area contributed by atoms with Gasteiger partial charge in [0.15, 0.2) is 0 Å². The molecule has 0 aromatic rings. The summed E-state index contributed by atoms with van der Waals surface area (Å²) in [5, 5.41) is 0. The topological polar surface area (TPSA) is 0 Å². The van der Waals surface area contributed by atoms with Crippen LogP contribution in [0.5, 0.6) is 0 Å². The molecule has 0 saturated carbocycles. The summed E-state index contributed by atoms with van der Waals surface area (Å²) in [4.78, 5) is 0. The smallest absolute Gasteiger partial charge is 0.00966 e. The number of hydrogen-bond acceptors (Lipinski definition) is 0. The molecule has 8 heavy (non-hydrogen) atoms. The van der Waals surface area contributed by atoms with Gasteiger partial charge in [-0.2, -0.15) is 0 Å². The molecular weight excluding hydrogens is 96.1 g/mol. The average molecular weight is 109 g/mol. The monoisotopic (exact) mass is 109 g/mol. The van der Waals surface area contributed by atoms with Gasteiger partial charge in [0, 0.05) is 0 Å². The number of allylic oxidation sites excluding steroid dienone is 2. The van der Waals surface area contributed by atoms with Crippen molar-refractivity contribution < 1.29 is 0 Å². The van der Waals surface area contributed by atoms with Gasteiger partial charge in [-0.1, -0.05) is 32.9 Å². The first-order valence-electron chi connectivity index (χ1n) is 3.12. The quantitative estimate of drug-likeness (QED) is 0.448. The molecule has 0 saturated heterocycles. The van der Waals surface area contributed by atoms with Crippen LogP contribution in [0.15, 0.2) is 12.2 Å². The summed E-state index contributed by atoms with van der Waals surface area (Å²) in [6.07, 6.45) is 6.62. The van der Waals surface area contributed by atoms with Gasteiger partial charge in [0.1, 0.15) is 0 Å². The van der Waals surface area contributed by atoms with Crippen LogP contribution >= 0.6 is 0 Å². The maximum absolute atomic E-state index is 2.26. The van der Waals surface area contributed by atoms with E-state index >= 15 is 0 Å². The summed E-state index contributed by atoms with van der Waals surface area (Å²) in [5.41, 5.74) is 0.453. The van der Waals surface area contributed by atoms with E-state index in [4.69, 9.17) is 0 Å². The highest BCUT2D eigenvalue weighted by Gasteiger charge is 2.24. The zero-order valence-corrected chi connectivity index (χ0v) is 5.81. The van der Waals surface area contributed by atoms with Gasteiger partial charge in [-0.15, -0.1) is 0 Å². The van der Waals surface area contributed by atoms with Gasteiger partial charge in [-0.05, 0) is 17.8 Å². The van der Waals surface area contributed by atoms with Crippen molar-refractivity contribution >= 4 is 0 Å². The fourth-order valence-electron chi connectivity index (χ4n) is 0.800. The van der Waals surface area contributed by atoms with Crippen molar-refractivity contribution in [1.29, 1.82) is 0 Å². The van der Waals surface area contributed by atoms with Gasteiger partial charge in [-0.25, -0.2) is 0 Å². The lowest BCUT2D eigenvalue weighted by molar-refractivity contribution is 0.318. The van der Waals surface area contributed by atoms with Gasteiger partial charge in [0.25, 0.3) is 0 Å². The van der Waals surface area contributed by atoms with Crippen LogP contribution in [0.2, 0.25) is 0 Å². The van der Waals surface area contributed by atoms with Crippen LogP contribution < -0.4 is 0 Å². The van der Waals surface area contributed by atoms with Crippen molar-refractivity contribution in [2.24, 2.45) is 11.3 Å². The van der Waals surface area contributed by atoms with E-state index in [1.807, 2.05) is 0 Å². The van der Waals surface area contributed by atoms with Crippen LogP contribution in [0.3, 0.4) is 0 Å². The molecule has 0 aromatic heterocycles. The summed E-state index contributed by atoms with van der Waals surface area (Å²) in [5.74, 6) is 0.725. The highest BCUT2D eigenvalue weighted by Crippen LogP contribution is 2.34. The third kappa shape index (κ3) is 0.936. The molecule has 1 aliphatic carbocycles. The summed E-state index contributed by atoms with van der Waals surface area (Å²) in [6, 6.07) is 0. The Morgan fingerprint density at radius 3 is 1.75 bits per heavy atom. The van der Waals surface area contributed by atoms with Crippen molar-refractivity contribution in [2.75, 3.05) is 0 Å². The van der Waals surface area contributed by atoms with E-state index in [2.05, 4.69) is 39.3 Å². The summed E-state index contributed by atoms with van der Waals surface area (Å²) >= 11 is 0. The second-order valence-electron chi connectivity index (χ2n) is 3.47. The van der Waals surface area contributed by atoms with Gasteiger partial charge in [-0.3, -0.25) is 0 Å². The lowest BCUT2D eigenvalue weighted by Crippen LogP contribution is -2.22. The molecule has 0 heteroatoms. The van der Waals surface area contributed by atoms with E-state index in [-0.39, 0.29) is 0 Å². The third-order valence-electron chi connectivity index (χ3n) is 1.64. The first-order valence-corrected chi connectivity index (χ1v) is 3.12. The van der Waals surface area contributed by atoms with E-state index in [1.54, 1.807) is 0 Å². The minimum atomic E-state index is 0.453. The number of hydrogen-bond donors (Lipinski definition) is 0. The van der Waals surface area contributed by atoms with Crippen molar-refractivity contribution in [1.82, 2.24) is 0 Å². The minimum absolute atomic E-state index is 0.453. The minimum Gasteiger partial charge on any atom is -0.0840 e. The molecule has 45 valence electrons. The molecular formula is C8H13. The second-order valence-corrected chi connectivity index (χ2v) is 3.47. The maximum atomic E-state index is 2.26. The summed E-state index contributed by atoms with van der Waals surface area (Å²) < 4.78 is 0. The fraction of sp³-hybridized carbons (Fsp3) is 0.625. The third-order valence-corrected chi connectivity index (χ3v) is 1.64. The Labute approximate surface area is 51.6 Å². The highest BCUT2D eigenvalue weighted by atomic mass is 14.3. The van der Waals surface area contributed by atoms with Crippen molar-refractivity contribution in [3.05, 3.63) is 18.6 Å². The van der Waals surface area contributed by atoms with Crippen LogP contribution in [0.1, 0.15) is 20.8 Å². The molecule has 0 fully saturated rings. The Kier molecular flexibility index (Phi) is 1.18. The Morgan fingerprint density at radius 2 is 1.75 bits per heavy atom. The summed E-state index contributed by atoms with van der Waals surface area (Å²) in [6.45, 7) is 6.78. The molecule has 0 heterocycles. The Morgan fingerprint density at radius 1 is 1.25 bits per heavy atom. The van der Waals surface area contributed by atoms with Crippen molar-refractivity contribution in [3.8, 4) is 0 Å². The van der Waals surface area contributed by atoms with Crippen LogP contribution in [0.25, 0.3) is 0 Å². The molecule has 0 aliphatic heterocycles. The molecule has 1 aliphatic rings. The van der Waals surface area contributed by atoms with Crippen LogP contribution in [0.4, 0.5) is 0 Å². The molecule has 1 atom stereocenters.